The maximum atomic E-state index is 12.1. The summed E-state index contributed by atoms with van der Waals surface area (Å²) in [6, 6.07) is 8.60. The molecule has 1 N–H and O–H groups in total. The number of fused-ring (bicyclic) bond motifs is 4. The normalized spacial score (nSPS) is 32.6. The monoisotopic (exact) mass is 446 g/mol. The Morgan fingerprint density at radius 3 is 2.67 bits per heavy atom. The van der Waals surface area contributed by atoms with Gasteiger partial charge in [0, 0.05) is 12.3 Å². The van der Waals surface area contributed by atoms with E-state index in [-0.39, 0.29) is 23.4 Å². The largest absolute Gasteiger partial charge is 0.491 e. The molecule has 2 saturated carbocycles. The lowest BCUT2D eigenvalue weighted by Gasteiger charge is -2.52. The highest BCUT2D eigenvalue weighted by Gasteiger charge is 2.56. The van der Waals surface area contributed by atoms with Crippen molar-refractivity contribution in [2.45, 2.75) is 90.8 Å². The molecule has 176 valence electrons. The highest BCUT2D eigenvalue weighted by atomic mass is 16.5. The molecule has 5 atom stereocenters. The zero-order valence-electron chi connectivity index (χ0n) is 20.6. The SMILES string of the molecule is C#CC.CC(C)Oc1cccc(C2CC3(C)C(O)CCC3C3CCC4=CC(=O)CCC4=C23)c1. The number of benzene rings is 1. The summed E-state index contributed by atoms with van der Waals surface area (Å²) in [5.74, 6) is 4.84. The molecular formula is C30H38O3. The molecule has 1 aromatic rings. The van der Waals surface area contributed by atoms with Crippen LogP contribution in [-0.2, 0) is 4.79 Å². The molecule has 0 radical (unpaired) electrons. The molecule has 33 heavy (non-hydrogen) atoms. The Morgan fingerprint density at radius 1 is 1.18 bits per heavy atom. The highest BCUT2D eigenvalue weighted by Crippen LogP contribution is 2.63. The molecule has 0 spiro atoms. The molecule has 3 nitrogen and oxygen atoms in total. The first-order valence-electron chi connectivity index (χ1n) is 12.6. The fourth-order valence-corrected chi connectivity index (χ4v) is 7.01. The molecule has 0 bridgehead atoms. The van der Waals surface area contributed by atoms with E-state index >= 15 is 0 Å². The van der Waals surface area contributed by atoms with Crippen molar-refractivity contribution in [2.75, 3.05) is 0 Å². The van der Waals surface area contributed by atoms with Crippen LogP contribution in [0.25, 0.3) is 0 Å². The van der Waals surface area contributed by atoms with Crippen molar-refractivity contribution in [1.29, 1.82) is 0 Å². The first kappa shape index (κ1) is 23.8. The summed E-state index contributed by atoms with van der Waals surface area (Å²) in [7, 11) is 0. The van der Waals surface area contributed by atoms with Gasteiger partial charge in [-0.2, -0.15) is 0 Å². The molecule has 4 aliphatic rings. The molecule has 0 aliphatic heterocycles. The van der Waals surface area contributed by atoms with Crippen molar-refractivity contribution in [3.05, 3.63) is 52.6 Å². The molecule has 0 amide bonds. The number of terminal acetylenes is 1. The number of hydrogen-bond donors (Lipinski definition) is 1. The van der Waals surface area contributed by atoms with E-state index in [1.54, 1.807) is 12.5 Å². The second-order valence-corrected chi connectivity index (χ2v) is 10.7. The molecule has 5 unspecified atom stereocenters. The van der Waals surface area contributed by atoms with Gasteiger partial charge in [0.2, 0.25) is 0 Å². The van der Waals surface area contributed by atoms with Crippen LogP contribution in [0.2, 0.25) is 0 Å². The van der Waals surface area contributed by atoms with Gasteiger partial charge in [-0.25, -0.2) is 0 Å². The van der Waals surface area contributed by atoms with E-state index in [4.69, 9.17) is 4.74 Å². The number of aliphatic hydroxyl groups excluding tert-OH is 1. The Morgan fingerprint density at radius 2 is 1.94 bits per heavy atom. The molecule has 5 rings (SSSR count). The van der Waals surface area contributed by atoms with Gasteiger partial charge >= 0.3 is 0 Å². The maximum Gasteiger partial charge on any atom is 0.156 e. The van der Waals surface area contributed by atoms with Crippen molar-refractivity contribution in [1.82, 2.24) is 0 Å². The second kappa shape index (κ2) is 9.51. The van der Waals surface area contributed by atoms with Crippen LogP contribution in [0.4, 0.5) is 0 Å². The van der Waals surface area contributed by atoms with Gasteiger partial charge in [-0.15, -0.1) is 12.3 Å². The van der Waals surface area contributed by atoms with Crippen LogP contribution >= 0.6 is 0 Å². The topological polar surface area (TPSA) is 46.5 Å². The summed E-state index contributed by atoms with van der Waals surface area (Å²) >= 11 is 0. The molecule has 0 aromatic heterocycles. The van der Waals surface area contributed by atoms with Crippen molar-refractivity contribution in [2.24, 2.45) is 17.3 Å². The molecule has 0 heterocycles. The summed E-state index contributed by atoms with van der Waals surface area (Å²) in [5.41, 5.74) is 5.62. The maximum absolute atomic E-state index is 12.1. The van der Waals surface area contributed by atoms with Crippen LogP contribution < -0.4 is 4.74 Å². The number of ketones is 1. The fourth-order valence-electron chi connectivity index (χ4n) is 7.01. The van der Waals surface area contributed by atoms with E-state index in [9.17, 15) is 9.90 Å². The Balaban J connectivity index is 0.000000821. The molecule has 2 fully saturated rings. The van der Waals surface area contributed by atoms with Crippen LogP contribution in [0.1, 0.15) is 84.1 Å². The summed E-state index contributed by atoms with van der Waals surface area (Å²) in [6.45, 7) is 8.10. The first-order valence-corrected chi connectivity index (χ1v) is 12.6. The smallest absolute Gasteiger partial charge is 0.156 e. The van der Waals surface area contributed by atoms with Gasteiger partial charge in [0.1, 0.15) is 5.75 Å². The summed E-state index contributed by atoms with van der Waals surface area (Å²) in [6.07, 6.45) is 13.2. The minimum absolute atomic E-state index is 0.0278. The van der Waals surface area contributed by atoms with E-state index < -0.39 is 0 Å². The van der Waals surface area contributed by atoms with Gasteiger partial charge in [0.15, 0.2) is 5.78 Å². The van der Waals surface area contributed by atoms with Crippen molar-refractivity contribution >= 4 is 5.78 Å². The average Bonchev–Trinajstić information content (AvgIpc) is 3.07. The number of hydrogen-bond acceptors (Lipinski definition) is 3. The Kier molecular flexibility index (Phi) is 6.87. The summed E-state index contributed by atoms with van der Waals surface area (Å²) in [5, 5.41) is 11.0. The minimum atomic E-state index is -0.212. The van der Waals surface area contributed by atoms with Crippen LogP contribution in [-0.4, -0.2) is 23.1 Å². The van der Waals surface area contributed by atoms with Gasteiger partial charge in [-0.1, -0.05) is 24.6 Å². The summed E-state index contributed by atoms with van der Waals surface area (Å²) < 4.78 is 6.01. The number of rotatable bonds is 3. The van der Waals surface area contributed by atoms with Gasteiger partial charge in [0.05, 0.1) is 12.2 Å². The zero-order valence-corrected chi connectivity index (χ0v) is 20.6. The van der Waals surface area contributed by atoms with Gasteiger partial charge < -0.3 is 9.84 Å². The van der Waals surface area contributed by atoms with E-state index in [0.717, 1.165) is 44.3 Å². The average molecular weight is 447 g/mol. The fraction of sp³-hybridized carbons (Fsp3) is 0.567. The van der Waals surface area contributed by atoms with Gasteiger partial charge in [-0.05, 0) is 111 Å². The molecule has 1 aromatic carbocycles. The Hall–Kier alpha value is -2.31. The number of ether oxygens (including phenoxy) is 1. The van der Waals surface area contributed by atoms with Crippen LogP contribution in [0.5, 0.6) is 5.75 Å². The lowest BCUT2D eigenvalue weighted by Crippen LogP contribution is -2.45. The van der Waals surface area contributed by atoms with Gasteiger partial charge in [-0.3, -0.25) is 4.79 Å². The van der Waals surface area contributed by atoms with E-state index in [1.165, 1.54) is 16.7 Å². The van der Waals surface area contributed by atoms with Crippen molar-refractivity contribution in [3.8, 4) is 18.1 Å². The molecular weight excluding hydrogens is 408 g/mol. The third kappa shape index (κ3) is 4.43. The lowest BCUT2D eigenvalue weighted by atomic mass is 9.53. The van der Waals surface area contributed by atoms with Crippen molar-refractivity contribution < 1.29 is 14.6 Å². The number of allylic oxidation sites excluding steroid dienone is 4. The van der Waals surface area contributed by atoms with Crippen LogP contribution in [0.3, 0.4) is 0 Å². The van der Waals surface area contributed by atoms with E-state index in [0.29, 0.717) is 24.2 Å². The lowest BCUT2D eigenvalue weighted by molar-refractivity contribution is -0.114. The zero-order chi connectivity index (χ0) is 23.8. The standard InChI is InChI=1S/C27H34O3.C3H4/c1-16(2)30-20-6-4-5-17(14-20)23-15-27(3)24(11-12-25(27)29)22-9-7-18-13-19(28)8-10-21(18)26(22)23;1-3-2/h4-6,13-14,16,22-25,29H,7-12,15H2,1-3H3;1H,2H3. The van der Waals surface area contributed by atoms with E-state index in [1.807, 2.05) is 12.1 Å². The minimum Gasteiger partial charge on any atom is -0.491 e. The first-order chi connectivity index (χ1) is 15.8. The van der Waals surface area contributed by atoms with E-state index in [2.05, 4.69) is 51.3 Å². The number of carbonyl (C=O) groups is 1. The number of carbonyl (C=O) groups excluding carboxylic acids is 1. The Labute approximate surface area is 199 Å². The van der Waals surface area contributed by atoms with Crippen LogP contribution in [0, 0.1) is 29.6 Å². The van der Waals surface area contributed by atoms with Gasteiger partial charge in [0.25, 0.3) is 0 Å². The second-order valence-electron chi connectivity index (χ2n) is 10.7. The van der Waals surface area contributed by atoms with Crippen molar-refractivity contribution in [3.63, 3.8) is 0 Å². The molecule has 3 heteroatoms. The third-order valence-corrected chi connectivity index (χ3v) is 8.31. The predicted octanol–water partition coefficient (Wildman–Crippen LogP) is 6.37. The quantitative estimate of drug-likeness (QED) is 0.549. The predicted molar refractivity (Wildman–Crippen MR) is 133 cm³/mol. The van der Waals surface area contributed by atoms with Crippen LogP contribution in [0.15, 0.2) is 47.1 Å². The third-order valence-electron chi connectivity index (χ3n) is 8.31. The highest BCUT2D eigenvalue weighted by molar-refractivity contribution is 5.93. The molecule has 0 saturated heterocycles. The number of aliphatic hydroxyl groups is 1. The summed E-state index contributed by atoms with van der Waals surface area (Å²) in [4.78, 5) is 12.1. The Bertz CT molecular complexity index is 1010. The molecule has 4 aliphatic carbocycles.